The fourth-order valence-electron chi connectivity index (χ4n) is 9.92. The molecule has 11 heteroatoms. The smallest absolute Gasteiger partial charge is 0.224 e. The van der Waals surface area contributed by atoms with Crippen molar-refractivity contribution < 1.29 is 50.7 Å². The number of benzene rings is 4. The Hall–Kier alpha value is -5.41. The number of hydrogen-bond donors (Lipinski definition) is 4. The lowest BCUT2D eigenvalue weighted by Gasteiger charge is -2.22. The third kappa shape index (κ3) is 9.93. The first kappa shape index (κ1) is 29.3. The number of amides is 4. The van der Waals surface area contributed by atoms with Gasteiger partial charge in [0.2, 0.25) is 23.6 Å². The minimum atomic E-state index is -2.46. The Bertz CT molecular complexity index is 4240. The van der Waals surface area contributed by atoms with E-state index in [-0.39, 0.29) is 99.0 Å². The minimum absolute atomic E-state index is 0.00131. The van der Waals surface area contributed by atoms with E-state index in [4.69, 9.17) is 89.3 Å². The number of nitrogens with two attached hydrogens (primary N) is 4. The highest BCUT2D eigenvalue weighted by atomic mass is 35.5. The lowest BCUT2D eigenvalue weighted by atomic mass is 9.82. The number of carbonyl (C=O) groups is 4. The van der Waals surface area contributed by atoms with Crippen molar-refractivity contribution in [3.63, 3.8) is 0 Å². The number of primary amides is 4. The van der Waals surface area contributed by atoms with E-state index >= 15 is 0 Å². The molecule has 0 aromatic heterocycles. The molecule has 8 aliphatic rings. The van der Waals surface area contributed by atoms with Gasteiger partial charge in [-0.2, -0.15) is 0 Å². The Morgan fingerprint density at radius 1 is 0.493 bits per heavy atom. The highest BCUT2D eigenvalue weighted by molar-refractivity contribution is 6.32. The van der Waals surface area contributed by atoms with Crippen molar-refractivity contribution in [1.29, 1.82) is 0 Å². The molecule has 4 aromatic carbocycles. The SMILES string of the molecule is [2H]C1([2H])CC([2H])([2H])C([2H])(C(N)=O)C2=C1c1cc(Cl)c(C)cc1C2.[2H]c1c(C)c(Cl)cc2c1CC1=C2C([2H])([2H])CC([2H])([2H])C1([2H])C(N)=O.[2H]c1c(C)ccc2c1C1=C(C2)C([2H])(C(N)=O)C([2H])([2H])CC1([2H])[2H].[2H]c1c(Cl)cc(C)c2c1C1=C(C2)C([2H])(C(N)=O)C([2H])([2H])CC1([2H])[2H]. The molecule has 4 unspecified atom stereocenters. The van der Waals surface area contributed by atoms with Crippen molar-refractivity contribution in [2.75, 3.05) is 0 Å². The van der Waals surface area contributed by atoms with Gasteiger partial charge in [-0.1, -0.05) is 70.7 Å². The summed E-state index contributed by atoms with van der Waals surface area (Å²) in [6, 6.07) is 10.2. The van der Waals surface area contributed by atoms with Gasteiger partial charge in [0, 0.05) is 42.5 Å². The number of allylic oxidation sites excluding steroid dienone is 4. The lowest BCUT2D eigenvalue weighted by Crippen LogP contribution is -2.27. The second-order valence-corrected chi connectivity index (χ2v) is 19.0. The van der Waals surface area contributed by atoms with Crippen LogP contribution in [0.5, 0.6) is 0 Å². The zero-order valence-electron chi connectivity index (χ0n) is 62.2. The van der Waals surface area contributed by atoms with Crippen LogP contribution in [0.15, 0.2) is 76.8 Å². The summed E-state index contributed by atoms with van der Waals surface area (Å²) in [5.74, 6) is -13.9. The zero-order valence-corrected chi connectivity index (χ0v) is 41.5. The molecule has 8 aliphatic carbocycles. The third-order valence-electron chi connectivity index (χ3n) is 13.2. The molecule has 0 radical (unpaired) electrons. The Morgan fingerprint density at radius 2 is 0.915 bits per heavy atom. The van der Waals surface area contributed by atoms with E-state index in [1.54, 1.807) is 51.1 Å². The average Bonchev–Trinajstić information content (AvgIpc) is 1.50. The van der Waals surface area contributed by atoms with Crippen LogP contribution in [0.3, 0.4) is 0 Å². The molecule has 0 heterocycles. The average molecular weight is 1040 g/mol. The maximum absolute atomic E-state index is 12.0. The molecule has 8 nitrogen and oxygen atoms in total. The van der Waals surface area contributed by atoms with Gasteiger partial charge in [0.15, 0.2) is 0 Å². The summed E-state index contributed by atoms with van der Waals surface area (Å²) in [4.78, 5) is 47.9. The normalized spacial score (nSPS) is 36.5. The van der Waals surface area contributed by atoms with E-state index in [1.807, 2.05) is 6.92 Å². The maximum atomic E-state index is 12.0. The second-order valence-electron chi connectivity index (χ2n) is 17.8. The van der Waals surface area contributed by atoms with Gasteiger partial charge in [-0.15, -0.1) is 0 Å². The van der Waals surface area contributed by atoms with E-state index in [1.165, 1.54) is 6.07 Å². The predicted molar refractivity (Wildman–Crippen MR) is 288 cm³/mol. The molecule has 4 amide bonds. The first-order valence-corrected chi connectivity index (χ1v) is 23.8. The van der Waals surface area contributed by atoms with Crippen molar-refractivity contribution >= 4 is 80.7 Å². The molecule has 0 saturated heterocycles. The molecule has 0 saturated carbocycles. The van der Waals surface area contributed by atoms with Gasteiger partial charge in [0.1, 0.15) is 0 Å². The summed E-state index contributed by atoms with van der Waals surface area (Å²) in [6.45, 7) is 6.97. The Morgan fingerprint density at radius 3 is 1.42 bits per heavy atom. The summed E-state index contributed by atoms with van der Waals surface area (Å²) in [5, 5.41) is 0.919. The molecular weight excluding hydrogens is 947 g/mol. The molecule has 4 atom stereocenters. The molecule has 370 valence electrons. The second kappa shape index (κ2) is 20.6. The molecular formula is C60H65Cl3N4O4. The molecule has 12 rings (SSSR count). The van der Waals surface area contributed by atoms with E-state index in [0.29, 0.717) is 60.1 Å². The molecule has 8 N–H and O–H groups in total. The van der Waals surface area contributed by atoms with Crippen molar-refractivity contribution in [3.8, 4) is 0 Å². The molecule has 71 heavy (non-hydrogen) atoms. The van der Waals surface area contributed by atoms with Crippen LogP contribution in [0.25, 0.3) is 22.3 Å². The fraction of sp³-hybridized carbons (Fsp3) is 0.400. The Labute approximate surface area is 465 Å². The van der Waals surface area contributed by atoms with Crippen LogP contribution >= 0.6 is 34.8 Å². The van der Waals surface area contributed by atoms with Gasteiger partial charge in [0.05, 0.1) is 27.7 Å². The van der Waals surface area contributed by atoms with Gasteiger partial charge in [-0.3, -0.25) is 19.2 Å². The number of halogens is 3. The topological polar surface area (TPSA) is 172 Å². The van der Waals surface area contributed by atoms with Crippen LogP contribution in [0, 0.1) is 51.3 Å². The number of aryl methyl sites for hydroxylation is 3. The molecule has 0 aliphatic heterocycles. The first-order chi connectivity index (χ1) is 42.5. The fourth-order valence-corrected chi connectivity index (χ4v) is 10.5. The first-order valence-electron chi connectivity index (χ1n) is 34.2. The summed E-state index contributed by atoms with van der Waals surface area (Å²) in [5.41, 5.74) is 28.8. The number of rotatable bonds is 4. The van der Waals surface area contributed by atoms with E-state index in [2.05, 4.69) is 0 Å². The highest BCUT2D eigenvalue weighted by Gasteiger charge is 2.37. The number of hydrogen-bond acceptors (Lipinski definition) is 4. The van der Waals surface area contributed by atoms with E-state index < -0.39 is 124 Å². The van der Waals surface area contributed by atoms with Gasteiger partial charge >= 0.3 is 0 Å². The van der Waals surface area contributed by atoms with Crippen LogP contribution < -0.4 is 22.9 Å². The van der Waals surface area contributed by atoms with Crippen molar-refractivity contribution in [2.45, 2.75) is 130 Å². The summed E-state index contributed by atoms with van der Waals surface area (Å²) >= 11 is 18.3. The van der Waals surface area contributed by atoms with Gasteiger partial charge in [-0.25, -0.2) is 0 Å². The number of carbonyl (C=O) groups excluding carboxylic acids is 4. The summed E-state index contributed by atoms with van der Waals surface area (Å²) < 4.78 is 190. The van der Waals surface area contributed by atoms with Crippen molar-refractivity contribution in [1.82, 2.24) is 0 Å². The predicted octanol–water partition coefficient (Wildman–Crippen LogP) is 12.3. The third-order valence-corrected chi connectivity index (χ3v) is 14.2. The quantitative estimate of drug-likeness (QED) is 0.159. The molecule has 0 fully saturated rings. The van der Waals surface area contributed by atoms with Crippen molar-refractivity contribution in [2.24, 2.45) is 46.5 Å². The van der Waals surface area contributed by atoms with Gasteiger partial charge in [-0.05, 0) is 260 Å². The highest BCUT2D eigenvalue weighted by Crippen LogP contribution is 2.49. The van der Waals surface area contributed by atoms with Gasteiger partial charge < -0.3 is 22.9 Å². The maximum Gasteiger partial charge on any atom is 0.224 e. The van der Waals surface area contributed by atoms with Crippen LogP contribution in [-0.4, -0.2) is 23.6 Å². The van der Waals surface area contributed by atoms with Gasteiger partial charge in [0.25, 0.3) is 0 Å². The van der Waals surface area contributed by atoms with Crippen LogP contribution in [0.4, 0.5) is 0 Å². The number of fused-ring (bicyclic) bond motifs is 8. The lowest BCUT2D eigenvalue weighted by molar-refractivity contribution is -0.121. The Balaban J connectivity index is 0.000000148. The summed E-state index contributed by atoms with van der Waals surface area (Å²) in [7, 11) is 0. The van der Waals surface area contributed by atoms with Crippen molar-refractivity contribution in [3.05, 3.63) is 159 Å². The largest absolute Gasteiger partial charge is 0.369 e. The van der Waals surface area contributed by atoms with E-state index in [9.17, 15) is 19.2 Å². The van der Waals surface area contributed by atoms with Crippen LogP contribution in [0.2, 0.25) is 15.1 Å². The monoisotopic (exact) mass is 1030 g/mol. The molecule has 0 spiro atoms. The van der Waals surface area contributed by atoms with Crippen LogP contribution in [-0.2, 0) is 44.9 Å². The summed E-state index contributed by atoms with van der Waals surface area (Å²) in [6.07, 6.45) is -20.4. The zero-order chi connectivity index (χ0) is 71.2. The standard InChI is InChI=1S/3C15H16ClNO.C15H17NO/c2*1-8-5-9-6-13-10(12(9)7-14(8)16)3-2-4-11(13)15(17)18;1-8-5-9(16)6-13-10-3-2-4-11(15(17)18)14(10)7-12(8)13;1-9-5-6-10-8-14-11(13(10)7-9)3-2-4-12(14)15(16)17/h2*5,7,11H,2-4,6H2,1H3,(H2,17,18);5-6,11H,2-4,7H2,1H3,(H2,17,18);5-7,12H,2-4,8H2,1H3,(H2,16,17)/i3D2,4D2,5D,11D;3D2,4D2,11D;3D2,4D2,6D,11D;3D2,4D2,7D,12D. The minimum Gasteiger partial charge on any atom is -0.369 e. The molecule has 4 aromatic rings. The van der Waals surface area contributed by atoms with Crippen LogP contribution in [0.1, 0.15) is 175 Å². The Kier molecular flexibility index (Phi) is 8.51. The van der Waals surface area contributed by atoms with E-state index in [0.717, 1.165) is 11.1 Å². The molecule has 0 bridgehead atoms.